The molecule has 0 saturated carbocycles. The number of carbonyl (C=O) groups is 2. The van der Waals surface area contributed by atoms with Crippen molar-refractivity contribution < 1.29 is 23.8 Å². The molecule has 0 radical (unpaired) electrons. The molecule has 1 aliphatic rings. The Kier molecular flexibility index (Phi) is 4.86. The normalized spacial score (nSPS) is 18.1. The average Bonchev–Trinajstić information content (AvgIpc) is 3.14. The van der Waals surface area contributed by atoms with E-state index in [1.54, 1.807) is 55.6 Å². The summed E-state index contributed by atoms with van der Waals surface area (Å²) in [6.07, 6.45) is 0. The fourth-order valence-electron chi connectivity index (χ4n) is 3.65. The van der Waals surface area contributed by atoms with E-state index in [-0.39, 0.29) is 11.1 Å². The second-order valence-corrected chi connectivity index (χ2v) is 8.19. The molecule has 3 aromatic rings. The maximum Gasteiger partial charge on any atom is 0.243 e. The molecule has 0 spiro atoms. The number of Topliss-reactive ketones (excluding diaryl/α,β-unsaturated/α-hetero) is 1. The lowest BCUT2D eigenvalue weighted by Crippen LogP contribution is -2.48. The summed E-state index contributed by atoms with van der Waals surface area (Å²) in [4.78, 5) is 26.6. The van der Waals surface area contributed by atoms with Gasteiger partial charge in [-0.15, -0.1) is 11.3 Å². The Labute approximate surface area is 177 Å². The Morgan fingerprint density at radius 2 is 1.83 bits per heavy atom. The zero-order chi connectivity index (χ0) is 21.6. The van der Waals surface area contributed by atoms with E-state index < -0.39 is 28.7 Å². The van der Waals surface area contributed by atoms with E-state index >= 15 is 0 Å². The number of fused-ring (bicyclic) bond motifs is 1. The molecule has 1 unspecified atom stereocenters. The average molecular weight is 425 g/mol. The molecule has 0 aliphatic carbocycles. The van der Waals surface area contributed by atoms with Gasteiger partial charge in [-0.05, 0) is 44.0 Å². The number of ether oxygens (including phenoxy) is 1. The van der Waals surface area contributed by atoms with Crippen molar-refractivity contribution in [3.8, 4) is 22.6 Å². The maximum atomic E-state index is 14.3. The predicted molar refractivity (Wildman–Crippen MR) is 114 cm³/mol. The number of aryl methyl sites for hydroxylation is 1. The van der Waals surface area contributed by atoms with Crippen LogP contribution in [0, 0.1) is 12.7 Å². The minimum absolute atomic E-state index is 0.217. The molecule has 4 rings (SSSR count). The van der Waals surface area contributed by atoms with Crippen LogP contribution in [0.5, 0.6) is 11.5 Å². The molecule has 1 aromatic heterocycles. The number of ketones is 1. The molecule has 2 N–H and O–H groups in total. The van der Waals surface area contributed by atoms with Crippen molar-refractivity contribution in [2.75, 3.05) is 11.9 Å². The van der Waals surface area contributed by atoms with E-state index in [0.717, 1.165) is 0 Å². The minimum Gasteiger partial charge on any atom is -0.504 e. The Morgan fingerprint density at radius 3 is 2.50 bits per heavy atom. The fraction of sp³-hybridized carbons (Fsp3) is 0.217. The molecule has 7 heteroatoms. The molecule has 2 heterocycles. The first-order valence-electron chi connectivity index (χ1n) is 9.48. The van der Waals surface area contributed by atoms with Crippen molar-refractivity contribution >= 4 is 28.0 Å². The monoisotopic (exact) mass is 425 g/mol. The number of nitrogens with one attached hydrogen (secondary N) is 1. The van der Waals surface area contributed by atoms with E-state index in [2.05, 4.69) is 5.32 Å². The first-order valence-corrected chi connectivity index (χ1v) is 10.4. The van der Waals surface area contributed by atoms with Crippen molar-refractivity contribution in [2.45, 2.75) is 26.2 Å². The van der Waals surface area contributed by atoms with Gasteiger partial charge in [0.15, 0.2) is 17.3 Å². The summed E-state index contributed by atoms with van der Waals surface area (Å²) in [7, 11) is 0. The highest BCUT2D eigenvalue weighted by atomic mass is 32.1. The number of phenolic OH excluding ortho intramolecular Hbond substituents is 1. The highest BCUT2D eigenvalue weighted by Crippen LogP contribution is 2.47. The van der Waals surface area contributed by atoms with Crippen molar-refractivity contribution in [1.29, 1.82) is 0 Å². The molecular weight excluding hydrogens is 405 g/mol. The topological polar surface area (TPSA) is 75.6 Å². The third-order valence-electron chi connectivity index (χ3n) is 5.50. The molecule has 1 amide bonds. The molecule has 154 valence electrons. The van der Waals surface area contributed by atoms with Gasteiger partial charge in [-0.2, -0.15) is 0 Å². The molecule has 1 aliphatic heterocycles. The highest BCUT2D eigenvalue weighted by Gasteiger charge is 2.49. The van der Waals surface area contributed by atoms with Crippen LogP contribution in [0.25, 0.3) is 11.1 Å². The van der Waals surface area contributed by atoms with Crippen LogP contribution >= 0.6 is 11.3 Å². The second-order valence-electron chi connectivity index (χ2n) is 7.31. The van der Waals surface area contributed by atoms with E-state index in [4.69, 9.17) is 4.74 Å². The lowest BCUT2D eigenvalue weighted by molar-refractivity contribution is -0.119. The summed E-state index contributed by atoms with van der Waals surface area (Å²) >= 11 is 1.17. The van der Waals surface area contributed by atoms with Crippen LogP contribution in [0.15, 0.2) is 41.8 Å². The van der Waals surface area contributed by atoms with Crippen molar-refractivity contribution in [3.05, 3.63) is 64.3 Å². The number of hydrogen-bond acceptors (Lipinski definition) is 5. The molecule has 1 atom stereocenters. The van der Waals surface area contributed by atoms with Crippen LogP contribution in [0.3, 0.4) is 0 Å². The molecule has 5 nitrogen and oxygen atoms in total. The van der Waals surface area contributed by atoms with Crippen LogP contribution in [0.1, 0.15) is 35.3 Å². The third kappa shape index (κ3) is 2.89. The van der Waals surface area contributed by atoms with Crippen molar-refractivity contribution in [2.24, 2.45) is 0 Å². The Bertz CT molecular complexity index is 1170. The summed E-state index contributed by atoms with van der Waals surface area (Å²) in [5.41, 5.74) is 0.249. The Balaban J connectivity index is 1.84. The van der Waals surface area contributed by atoms with Crippen LogP contribution < -0.4 is 10.1 Å². The van der Waals surface area contributed by atoms with Gasteiger partial charge in [0.25, 0.3) is 0 Å². The summed E-state index contributed by atoms with van der Waals surface area (Å²) in [5, 5.41) is 15.2. The van der Waals surface area contributed by atoms with Crippen molar-refractivity contribution in [1.82, 2.24) is 0 Å². The van der Waals surface area contributed by atoms with Crippen LogP contribution in [-0.2, 0) is 10.2 Å². The summed E-state index contributed by atoms with van der Waals surface area (Å²) in [5.74, 6) is -1.43. The number of benzene rings is 2. The molecule has 0 saturated heterocycles. The van der Waals surface area contributed by atoms with Gasteiger partial charge in [-0.25, -0.2) is 4.39 Å². The molecule has 2 aromatic carbocycles. The van der Waals surface area contributed by atoms with E-state index in [0.29, 0.717) is 34.0 Å². The zero-order valence-electron chi connectivity index (χ0n) is 16.7. The van der Waals surface area contributed by atoms with Crippen molar-refractivity contribution in [3.63, 3.8) is 0 Å². The number of amides is 1. The second kappa shape index (κ2) is 7.25. The number of hydrogen-bond donors (Lipinski definition) is 2. The van der Waals surface area contributed by atoms with Gasteiger partial charge in [0.2, 0.25) is 5.91 Å². The molecular formula is C23H20FNO4S. The van der Waals surface area contributed by atoms with Gasteiger partial charge < -0.3 is 15.2 Å². The number of halogens is 1. The lowest BCUT2D eigenvalue weighted by Gasteiger charge is -2.32. The molecule has 0 fully saturated rings. The first-order chi connectivity index (χ1) is 14.3. The van der Waals surface area contributed by atoms with Crippen LogP contribution in [0.4, 0.5) is 9.39 Å². The summed E-state index contributed by atoms with van der Waals surface area (Å²) < 4.78 is 19.7. The SMILES string of the molecule is CCOc1ccc(C2(C)C(=O)Nc3scc(-c4ccc(C)c(F)c4O)c3C2=O)cc1. The van der Waals surface area contributed by atoms with E-state index in [9.17, 15) is 19.1 Å². The van der Waals surface area contributed by atoms with Gasteiger partial charge in [0.05, 0.1) is 12.2 Å². The zero-order valence-corrected chi connectivity index (χ0v) is 17.5. The predicted octanol–water partition coefficient (Wildman–Crippen LogP) is 5.06. The summed E-state index contributed by atoms with van der Waals surface area (Å²) in [6, 6.07) is 9.96. The first kappa shape index (κ1) is 20.1. The van der Waals surface area contributed by atoms with Gasteiger partial charge in [0.1, 0.15) is 16.2 Å². The minimum atomic E-state index is -1.47. The number of rotatable bonds is 4. The number of phenols is 1. The van der Waals surface area contributed by atoms with Gasteiger partial charge in [-0.3, -0.25) is 9.59 Å². The number of carbonyl (C=O) groups excluding carboxylic acids is 2. The van der Waals surface area contributed by atoms with Crippen LogP contribution in [-0.4, -0.2) is 23.4 Å². The summed E-state index contributed by atoms with van der Waals surface area (Å²) in [6.45, 7) is 5.50. The van der Waals surface area contributed by atoms with Gasteiger partial charge >= 0.3 is 0 Å². The number of thiophene rings is 1. The van der Waals surface area contributed by atoms with Gasteiger partial charge in [-0.1, -0.05) is 24.3 Å². The lowest BCUT2D eigenvalue weighted by atomic mass is 9.73. The molecule has 0 bridgehead atoms. The largest absolute Gasteiger partial charge is 0.504 e. The standard InChI is InChI=1S/C23H20FNO4S/c1-4-29-14-8-6-13(7-9-14)23(3)20(27)17-16(11-30-21(17)25-22(23)28)15-10-5-12(2)18(24)19(15)26/h5-11,26H,4H2,1-3H3,(H,25,28). The Morgan fingerprint density at radius 1 is 1.13 bits per heavy atom. The molecule has 30 heavy (non-hydrogen) atoms. The fourth-order valence-corrected chi connectivity index (χ4v) is 4.60. The third-order valence-corrected chi connectivity index (χ3v) is 6.39. The van der Waals surface area contributed by atoms with E-state index in [1.165, 1.54) is 11.3 Å². The number of aromatic hydroxyl groups is 1. The highest BCUT2D eigenvalue weighted by molar-refractivity contribution is 7.15. The smallest absolute Gasteiger partial charge is 0.243 e. The van der Waals surface area contributed by atoms with E-state index in [1.807, 2.05) is 6.92 Å². The number of anilines is 1. The van der Waals surface area contributed by atoms with Gasteiger partial charge in [0, 0.05) is 16.5 Å². The Hall–Kier alpha value is -3.19. The quantitative estimate of drug-likeness (QED) is 0.573. The maximum absolute atomic E-state index is 14.3. The van der Waals surface area contributed by atoms with Crippen LogP contribution in [0.2, 0.25) is 0 Å².